The molecule has 0 aliphatic heterocycles. The number of esters is 3. The van der Waals surface area contributed by atoms with Crippen molar-refractivity contribution < 1.29 is 75.3 Å². The maximum absolute atomic E-state index is 12.6. The zero-order chi connectivity index (χ0) is 35.3. The Labute approximate surface area is 318 Å². The molecule has 0 spiro atoms. The molecule has 49 heavy (non-hydrogen) atoms. The van der Waals surface area contributed by atoms with E-state index in [0.717, 1.165) is 38.5 Å². The van der Waals surface area contributed by atoms with Crippen LogP contribution < -0.4 is 33.7 Å². The number of aromatic nitrogens is 1. The Hall–Kier alpha value is -1.60. The molecule has 0 aromatic carbocycles. The van der Waals surface area contributed by atoms with Crippen molar-refractivity contribution >= 4 is 28.3 Å². The molecule has 0 saturated heterocycles. The number of hydrogen-bond donors (Lipinski definition) is 1. The maximum atomic E-state index is 12.6. The van der Waals surface area contributed by atoms with Gasteiger partial charge in [-0.05, 0) is 38.2 Å². The van der Waals surface area contributed by atoms with Gasteiger partial charge in [-0.3, -0.25) is 14.4 Å². The number of aromatic amines is 1. The third-order valence-corrected chi connectivity index (χ3v) is 8.50. The van der Waals surface area contributed by atoms with E-state index in [2.05, 4.69) is 23.0 Å². The predicted octanol–water partition coefficient (Wildman–Crippen LogP) is 5.41. The van der Waals surface area contributed by atoms with Crippen LogP contribution in [0.1, 0.15) is 167 Å². The van der Waals surface area contributed by atoms with Gasteiger partial charge in [-0.15, -0.1) is 0 Å². The second kappa shape index (κ2) is 31.2. The number of carbonyl (C=O) groups is 3. The van der Waals surface area contributed by atoms with Crippen molar-refractivity contribution in [3.63, 3.8) is 0 Å². The summed E-state index contributed by atoms with van der Waals surface area (Å²) in [4.78, 5) is 40.0. The van der Waals surface area contributed by atoms with Gasteiger partial charge in [0.1, 0.15) is 13.2 Å². The summed E-state index contributed by atoms with van der Waals surface area (Å²) in [5, 5.41) is 0. The van der Waals surface area contributed by atoms with Gasteiger partial charge >= 0.3 is 47.5 Å². The van der Waals surface area contributed by atoms with E-state index < -0.39 is 22.5 Å². The number of rotatable bonds is 32. The number of nitrogens with one attached hydrogen (secondary N) is 1. The van der Waals surface area contributed by atoms with E-state index in [1.165, 1.54) is 83.1 Å². The molecule has 11 nitrogen and oxygen atoms in total. The van der Waals surface area contributed by atoms with Crippen LogP contribution in [0.5, 0.6) is 5.88 Å². The van der Waals surface area contributed by atoms with Crippen molar-refractivity contribution in [1.29, 1.82) is 0 Å². The molecule has 0 saturated carbocycles. The molecular weight excluding hydrogens is 661 g/mol. The van der Waals surface area contributed by atoms with E-state index in [-0.39, 0.29) is 67.0 Å². The quantitative estimate of drug-likeness (QED) is 0.0254. The van der Waals surface area contributed by atoms with Gasteiger partial charge in [-0.25, -0.2) is 8.42 Å². The van der Waals surface area contributed by atoms with Gasteiger partial charge in [0.25, 0.3) is 10.4 Å². The second-order valence-corrected chi connectivity index (χ2v) is 13.7. The average Bonchev–Trinajstić information content (AvgIpc) is 3.48. The number of aryl methyl sites for hydroxylation is 1. The maximum Gasteiger partial charge on any atom is 1.00 e. The van der Waals surface area contributed by atoms with Gasteiger partial charge in [0.2, 0.25) is 5.88 Å². The molecule has 0 radical (unpaired) electrons. The predicted molar refractivity (Wildman–Crippen MR) is 184 cm³/mol. The molecule has 0 bridgehead atoms. The first kappa shape index (κ1) is 47.4. The van der Waals surface area contributed by atoms with Crippen LogP contribution in [0.25, 0.3) is 0 Å². The van der Waals surface area contributed by atoms with E-state index in [1.54, 1.807) is 6.07 Å². The summed E-state index contributed by atoms with van der Waals surface area (Å²) in [6, 6.07) is 2.94. The Morgan fingerprint density at radius 2 is 1.04 bits per heavy atom. The van der Waals surface area contributed by atoms with Gasteiger partial charge in [0.15, 0.2) is 6.10 Å². The van der Waals surface area contributed by atoms with Crippen LogP contribution in [0.4, 0.5) is 0 Å². The molecule has 0 unspecified atom stereocenters. The first-order valence-electron chi connectivity index (χ1n) is 18.5. The monoisotopic (exact) mass is 723 g/mol. The van der Waals surface area contributed by atoms with E-state index in [1.807, 2.05) is 0 Å². The largest absolute Gasteiger partial charge is 1.00 e. The molecule has 1 aromatic heterocycles. The average molecular weight is 724 g/mol. The van der Waals surface area contributed by atoms with Crippen LogP contribution in [0.15, 0.2) is 12.1 Å². The summed E-state index contributed by atoms with van der Waals surface area (Å²) in [7, 11) is -4.86. The summed E-state index contributed by atoms with van der Waals surface area (Å²) in [5.74, 6) is -1.39. The van der Waals surface area contributed by atoms with Crippen molar-refractivity contribution in [2.45, 2.75) is 174 Å². The molecule has 0 aliphatic carbocycles. The fourth-order valence-corrected chi connectivity index (χ4v) is 5.66. The number of ether oxygens (including phenoxy) is 3. The number of unbranched alkanes of at least 4 members (excludes halogenated alkanes) is 17. The van der Waals surface area contributed by atoms with E-state index in [4.69, 9.17) is 14.2 Å². The standard InChI is InChI=1S/C36H63NO10S.Na/c1-3-5-7-9-11-13-15-17-19-24-34(38)44-29-32(30-45-35(39)25-20-18-16-14-12-10-8-6-4-2)46-36(40)26-22-21-23-31-27-28-33(37-31)47-48(41,42)43;/h27-28,32,37H,3-26,29-30H2,1-2H3,(H,41,42,43);/q;+1/p-1. The molecule has 278 valence electrons. The van der Waals surface area contributed by atoms with Crippen LogP contribution >= 0.6 is 0 Å². The molecule has 0 atom stereocenters. The van der Waals surface area contributed by atoms with Crippen LogP contribution in [-0.2, 0) is 45.4 Å². The minimum absolute atomic E-state index is 0. The molecule has 0 aliphatic rings. The summed E-state index contributed by atoms with van der Waals surface area (Å²) < 4.78 is 52.8. The van der Waals surface area contributed by atoms with E-state index in [9.17, 15) is 27.4 Å². The Morgan fingerprint density at radius 1 is 0.633 bits per heavy atom. The Kier molecular flexibility index (Phi) is 30.1. The summed E-state index contributed by atoms with van der Waals surface area (Å²) in [6.45, 7) is 4.05. The van der Waals surface area contributed by atoms with Crippen LogP contribution in [-0.4, -0.2) is 55.2 Å². The van der Waals surface area contributed by atoms with E-state index >= 15 is 0 Å². The molecule has 1 rings (SSSR count). The molecule has 0 amide bonds. The summed E-state index contributed by atoms with van der Waals surface area (Å²) >= 11 is 0. The Bertz CT molecular complexity index is 1060. The minimum Gasteiger partial charge on any atom is -0.716 e. The first-order chi connectivity index (χ1) is 23.1. The molecule has 1 heterocycles. The molecule has 0 fully saturated rings. The van der Waals surface area contributed by atoms with Crippen molar-refractivity contribution in [3.8, 4) is 5.88 Å². The fraction of sp³-hybridized carbons (Fsp3) is 0.806. The molecule has 1 N–H and O–H groups in total. The first-order valence-corrected chi connectivity index (χ1v) is 19.8. The van der Waals surface area contributed by atoms with Crippen LogP contribution in [0.3, 0.4) is 0 Å². The summed E-state index contributed by atoms with van der Waals surface area (Å²) in [6.07, 6.45) is 21.9. The number of carbonyl (C=O) groups excluding carboxylic acids is 3. The third-order valence-electron chi connectivity index (χ3n) is 8.12. The Balaban J connectivity index is 0.0000230. The van der Waals surface area contributed by atoms with Crippen LogP contribution in [0, 0.1) is 0 Å². The van der Waals surface area contributed by atoms with Crippen LogP contribution in [0.2, 0.25) is 0 Å². The van der Waals surface area contributed by atoms with Crippen molar-refractivity contribution in [3.05, 3.63) is 17.8 Å². The third kappa shape index (κ3) is 29.8. The van der Waals surface area contributed by atoms with Crippen molar-refractivity contribution in [1.82, 2.24) is 4.98 Å². The second-order valence-electron chi connectivity index (χ2n) is 12.7. The zero-order valence-electron chi connectivity index (χ0n) is 30.6. The van der Waals surface area contributed by atoms with Gasteiger partial charge in [-0.2, -0.15) is 0 Å². The van der Waals surface area contributed by atoms with Gasteiger partial charge in [0, 0.05) is 31.0 Å². The SMILES string of the molecule is CCCCCCCCCCCC(=O)OCC(COC(=O)CCCCCCCCCCC)OC(=O)CCCCc1ccc(OS(=O)(=O)[O-])[nH]1.[Na+]. The molecule has 1 aromatic rings. The normalized spacial score (nSPS) is 11.3. The van der Waals surface area contributed by atoms with E-state index in [0.29, 0.717) is 37.8 Å². The Morgan fingerprint density at radius 3 is 1.49 bits per heavy atom. The summed E-state index contributed by atoms with van der Waals surface area (Å²) in [5.41, 5.74) is 0.651. The topological polar surface area (TPSA) is 161 Å². The van der Waals surface area contributed by atoms with Gasteiger partial charge < -0.3 is 27.9 Å². The number of hydrogen-bond acceptors (Lipinski definition) is 10. The van der Waals surface area contributed by atoms with Gasteiger partial charge in [-0.1, -0.05) is 117 Å². The zero-order valence-corrected chi connectivity index (χ0v) is 33.4. The molecular formula is C36H62NNaO10S. The minimum atomic E-state index is -4.86. The fourth-order valence-electron chi connectivity index (χ4n) is 5.34. The number of H-pyrrole nitrogens is 1. The van der Waals surface area contributed by atoms with Crippen molar-refractivity contribution in [2.24, 2.45) is 0 Å². The smallest absolute Gasteiger partial charge is 0.716 e. The van der Waals surface area contributed by atoms with Gasteiger partial charge in [0.05, 0.1) is 0 Å². The van der Waals surface area contributed by atoms with Crippen molar-refractivity contribution in [2.75, 3.05) is 13.2 Å². The molecule has 13 heteroatoms.